The molecule has 0 atom stereocenters. The van der Waals surface area contributed by atoms with Crippen molar-refractivity contribution < 1.29 is 19.2 Å². The monoisotopic (exact) mass is 222 g/mol. The molecule has 4 N–H and O–H groups in total. The van der Waals surface area contributed by atoms with Gasteiger partial charge in [0.1, 0.15) is 0 Å². The average Bonchev–Trinajstić information content (AvgIpc) is 2.47. The molecule has 1 aromatic rings. The Hall–Kier alpha value is -0.680. The van der Waals surface area contributed by atoms with E-state index in [4.69, 9.17) is 19.2 Å². The van der Waals surface area contributed by atoms with Crippen molar-refractivity contribution in [1.29, 1.82) is 0 Å². The minimum atomic E-state index is -4.64. The number of aromatic nitrogens is 2. The molecule has 0 aliphatic heterocycles. The fraction of sp³-hybridized carbons (Fsp3) is 0.571. The molecule has 0 aromatic carbocycles. The van der Waals surface area contributed by atoms with Crippen LogP contribution >= 0.6 is 7.82 Å². The Kier molecular flexibility index (Phi) is 5.64. The van der Waals surface area contributed by atoms with Gasteiger partial charge >= 0.3 is 7.82 Å². The Morgan fingerprint density at radius 2 is 1.86 bits per heavy atom. The maximum Gasteiger partial charge on any atom is 0.466 e. The van der Waals surface area contributed by atoms with Crippen LogP contribution in [0.25, 0.3) is 0 Å². The summed E-state index contributed by atoms with van der Waals surface area (Å²) in [7, 11) is -4.64. The van der Waals surface area contributed by atoms with Gasteiger partial charge in [-0.2, -0.15) is 0 Å². The highest BCUT2D eigenvalue weighted by atomic mass is 31.2. The molecular weight excluding hydrogens is 207 g/mol. The van der Waals surface area contributed by atoms with E-state index in [1.54, 1.807) is 6.33 Å². The molecule has 14 heavy (non-hydrogen) atoms. The van der Waals surface area contributed by atoms with E-state index < -0.39 is 7.82 Å². The van der Waals surface area contributed by atoms with Crippen LogP contribution in [0, 0.1) is 0 Å². The number of rotatable bonds is 2. The molecule has 7 heteroatoms. The number of hydrogen-bond acceptors (Lipinski definition) is 2. The molecule has 0 unspecified atom stereocenters. The predicted molar refractivity (Wildman–Crippen MR) is 51.6 cm³/mol. The van der Waals surface area contributed by atoms with Gasteiger partial charge < -0.3 is 19.7 Å². The number of nitrogens with one attached hydrogen (secondary N) is 1. The predicted octanol–water partition coefficient (Wildman–Crippen LogP) is 0.606. The van der Waals surface area contributed by atoms with Crippen molar-refractivity contribution in [2.75, 3.05) is 0 Å². The third-order valence-electron chi connectivity index (χ3n) is 1.50. The van der Waals surface area contributed by atoms with Crippen LogP contribution in [0.4, 0.5) is 0 Å². The highest BCUT2D eigenvalue weighted by Gasteiger charge is 2.00. The lowest BCUT2D eigenvalue weighted by molar-refractivity contribution is 0.275. The molecule has 1 aromatic heterocycles. The van der Waals surface area contributed by atoms with Crippen molar-refractivity contribution in [3.63, 3.8) is 0 Å². The Morgan fingerprint density at radius 3 is 2.14 bits per heavy atom. The van der Waals surface area contributed by atoms with E-state index in [1.165, 1.54) is 11.4 Å². The molecule has 0 saturated heterocycles. The highest BCUT2D eigenvalue weighted by Crippen LogP contribution is 2.25. The minimum absolute atomic E-state index is 1.03. The van der Waals surface area contributed by atoms with E-state index in [2.05, 4.69) is 23.8 Å². The van der Waals surface area contributed by atoms with Crippen molar-refractivity contribution in [2.24, 2.45) is 0 Å². The zero-order valence-electron chi connectivity index (χ0n) is 8.14. The molecule has 0 fully saturated rings. The van der Waals surface area contributed by atoms with Crippen LogP contribution in [0.2, 0.25) is 0 Å². The number of phosphoric acid groups is 1. The van der Waals surface area contributed by atoms with E-state index in [1.807, 2.05) is 0 Å². The van der Waals surface area contributed by atoms with Crippen LogP contribution in [0.15, 0.2) is 6.33 Å². The third-order valence-corrected chi connectivity index (χ3v) is 1.50. The second-order valence-corrected chi connectivity index (χ2v) is 3.57. The third kappa shape index (κ3) is 6.80. The summed E-state index contributed by atoms with van der Waals surface area (Å²) < 4.78 is 8.88. The van der Waals surface area contributed by atoms with Crippen molar-refractivity contribution in [1.82, 2.24) is 9.97 Å². The molecule has 0 spiro atoms. The van der Waals surface area contributed by atoms with Crippen LogP contribution in [-0.4, -0.2) is 24.6 Å². The summed E-state index contributed by atoms with van der Waals surface area (Å²) in [6, 6.07) is 0. The van der Waals surface area contributed by atoms with Crippen LogP contribution in [0.5, 0.6) is 0 Å². The maximum absolute atomic E-state index is 8.88. The molecule has 0 saturated carbocycles. The van der Waals surface area contributed by atoms with Crippen LogP contribution < -0.4 is 0 Å². The van der Waals surface area contributed by atoms with Crippen LogP contribution in [0.1, 0.15) is 25.2 Å². The second kappa shape index (κ2) is 5.93. The Balaban J connectivity index is 0.000000292. The number of aromatic amines is 1. The average molecular weight is 222 g/mol. The summed E-state index contributed by atoms with van der Waals surface area (Å²) in [5.74, 6) is 0. The van der Waals surface area contributed by atoms with Gasteiger partial charge in [-0.15, -0.1) is 0 Å². The molecule has 0 bridgehead atoms. The lowest BCUT2D eigenvalue weighted by atomic mass is 10.2. The molecule has 0 aliphatic carbocycles. The Bertz CT molecular complexity index is 280. The zero-order chi connectivity index (χ0) is 11.2. The van der Waals surface area contributed by atoms with Gasteiger partial charge in [-0.05, 0) is 12.8 Å². The normalized spacial score (nSPS) is 10.6. The molecule has 82 valence electrons. The fourth-order valence-corrected chi connectivity index (χ4v) is 0.960. The van der Waals surface area contributed by atoms with Crippen molar-refractivity contribution in [3.05, 3.63) is 17.7 Å². The smallest absolute Gasteiger partial charge is 0.348 e. The first kappa shape index (κ1) is 13.3. The fourth-order valence-electron chi connectivity index (χ4n) is 0.960. The molecule has 0 amide bonds. The Morgan fingerprint density at radius 1 is 1.36 bits per heavy atom. The van der Waals surface area contributed by atoms with E-state index >= 15 is 0 Å². The molecule has 0 aliphatic rings. The largest absolute Gasteiger partial charge is 0.466 e. The first-order valence-electron chi connectivity index (χ1n) is 4.17. The molecule has 1 rings (SSSR count). The van der Waals surface area contributed by atoms with Crippen LogP contribution in [0.3, 0.4) is 0 Å². The van der Waals surface area contributed by atoms with Gasteiger partial charge in [0, 0.05) is 5.69 Å². The molecule has 6 nitrogen and oxygen atoms in total. The summed E-state index contributed by atoms with van der Waals surface area (Å²) in [4.78, 5) is 28.8. The lowest BCUT2D eigenvalue weighted by Crippen LogP contribution is -1.87. The maximum atomic E-state index is 8.88. The summed E-state index contributed by atoms with van der Waals surface area (Å²) >= 11 is 0. The van der Waals surface area contributed by atoms with Gasteiger partial charge in [-0.3, -0.25) is 0 Å². The SMILES string of the molecule is CCc1nc[nH]c1CC.O=P(O)(O)O. The van der Waals surface area contributed by atoms with Gasteiger partial charge in [0.15, 0.2) is 0 Å². The van der Waals surface area contributed by atoms with Gasteiger partial charge in [-0.25, -0.2) is 9.55 Å². The van der Waals surface area contributed by atoms with E-state index in [0.29, 0.717) is 0 Å². The Labute approximate surface area is 82.3 Å². The van der Waals surface area contributed by atoms with E-state index in [0.717, 1.165) is 12.8 Å². The van der Waals surface area contributed by atoms with Crippen molar-refractivity contribution >= 4 is 7.82 Å². The lowest BCUT2D eigenvalue weighted by Gasteiger charge is -1.91. The number of H-pyrrole nitrogens is 1. The topological polar surface area (TPSA) is 106 Å². The summed E-state index contributed by atoms with van der Waals surface area (Å²) in [5.41, 5.74) is 2.48. The summed E-state index contributed by atoms with van der Waals surface area (Å²) in [6.07, 6.45) is 3.85. The highest BCUT2D eigenvalue weighted by molar-refractivity contribution is 7.45. The minimum Gasteiger partial charge on any atom is -0.348 e. The summed E-state index contributed by atoms with van der Waals surface area (Å²) in [5, 5.41) is 0. The number of aryl methyl sites for hydroxylation is 2. The first-order valence-corrected chi connectivity index (χ1v) is 5.74. The van der Waals surface area contributed by atoms with Gasteiger partial charge in [0.2, 0.25) is 0 Å². The second-order valence-electron chi connectivity index (χ2n) is 2.55. The van der Waals surface area contributed by atoms with E-state index in [9.17, 15) is 0 Å². The first-order chi connectivity index (χ1) is 6.38. The van der Waals surface area contributed by atoms with E-state index in [-0.39, 0.29) is 0 Å². The number of imidazole rings is 1. The van der Waals surface area contributed by atoms with Crippen molar-refractivity contribution in [2.45, 2.75) is 26.7 Å². The zero-order valence-corrected chi connectivity index (χ0v) is 9.03. The van der Waals surface area contributed by atoms with Gasteiger partial charge in [-0.1, -0.05) is 13.8 Å². The summed E-state index contributed by atoms with van der Waals surface area (Å²) in [6.45, 7) is 4.25. The molecule has 1 heterocycles. The van der Waals surface area contributed by atoms with Crippen molar-refractivity contribution in [3.8, 4) is 0 Å². The van der Waals surface area contributed by atoms with Crippen LogP contribution in [-0.2, 0) is 17.4 Å². The van der Waals surface area contributed by atoms with Gasteiger partial charge in [0.25, 0.3) is 0 Å². The number of nitrogens with zero attached hydrogens (tertiary/aromatic N) is 1. The quantitative estimate of drug-likeness (QED) is 0.548. The van der Waals surface area contributed by atoms with Gasteiger partial charge in [0.05, 0.1) is 12.0 Å². The standard InChI is InChI=1S/C7H12N2.H3O4P/c1-3-6-7(4-2)9-5-8-6;1-5(2,3)4/h5H,3-4H2,1-2H3,(H,8,9);(H3,1,2,3,4). The molecular formula is C7H15N2O4P. The molecule has 0 radical (unpaired) electrons. The number of hydrogen-bond donors (Lipinski definition) is 4.